The summed E-state index contributed by atoms with van der Waals surface area (Å²) in [4.78, 5) is 13.2. The van der Waals surface area contributed by atoms with Crippen LogP contribution in [0.2, 0.25) is 0 Å². The van der Waals surface area contributed by atoms with E-state index in [-0.39, 0.29) is 24.6 Å². The number of hydrogen-bond acceptors (Lipinski definition) is 3. The molecule has 1 aromatic carbocycles. The Balaban J connectivity index is 1.98. The Morgan fingerprint density at radius 2 is 1.92 bits per heavy atom. The maximum atomic E-state index is 12.9. The van der Waals surface area contributed by atoms with Crippen LogP contribution in [0.15, 0.2) is 41.8 Å². The summed E-state index contributed by atoms with van der Waals surface area (Å²) in [6.45, 7) is 0.265. The summed E-state index contributed by atoms with van der Waals surface area (Å²) in [6, 6.07) is 8.59. The fourth-order valence-electron chi connectivity index (χ4n) is 2.49. The van der Waals surface area contributed by atoms with E-state index in [0.29, 0.717) is 12.8 Å². The first-order chi connectivity index (χ1) is 11.4. The number of aliphatic hydroxyl groups is 1. The molecule has 0 radical (unpaired) electrons. The molecule has 130 valence electrons. The average molecular weight is 357 g/mol. The molecule has 1 atom stereocenters. The average Bonchev–Trinajstić information content (AvgIpc) is 3.07. The summed E-state index contributed by atoms with van der Waals surface area (Å²) in [7, 11) is 0. The van der Waals surface area contributed by atoms with Crippen molar-refractivity contribution >= 4 is 17.2 Å². The van der Waals surface area contributed by atoms with Crippen molar-refractivity contribution in [3.63, 3.8) is 0 Å². The minimum atomic E-state index is -4.57. The zero-order chi connectivity index (χ0) is 17.6. The maximum absolute atomic E-state index is 12.9. The van der Waals surface area contributed by atoms with Crippen LogP contribution in [0.25, 0.3) is 0 Å². The van der Waals surface area contributed by atoms with E-state index in [0.717, 1.165) is 10.9 Å². The second kappa shape index (κ2) is 8.30. The van der Waals surface area contributed by atoms with Gasteiger partial charge in [-0.1, -0.05) is 18.2 Å². The first-order valence-electron chi connectivity index (χ1n) is 7.52. The summed E-state index contributed by atoms with van der Waals surface area (Å²) < 4.78 is 38.8. The molecule has 0 aliphatic carbocycles. The number of rotatable bonds is 7. The van der Waals surface area contributed by atoms with Gasteiger partial charge in [0.25, 0.3) is 5.91 Å². The van der Waals surface area contributed by atoms with Crippen LogP contribution in [0, 0.1) is 0 Å². The third-order valence-corrected chi connectivity index (χ3v) is 4.71. The summed E-state index contributed by atoms with van der Waals surface area (Å²) in [6.07, 6.45) is -3.46. The van der Waals surface area contributed by atoms with E-state index >= 15 is 0 Å². The number of aliphatic hydroxyl groups excluding tert-OH is 1. The number of hydrogen-bond donors (Lipinski definition) is 2. The van der Waals surface area contributed by atoms with Gasteiger partial charge >= 0.3 is 6.18 Å². The highest BCUT2D eigenvalue weighted by Gasteiger charge is 2.34. The number of carbonyl (C=O) groups is 1. The number of alkyl halides is 3. The van der Waals surface area contributed by atoms with Gasteiger partial charge in [-0.05, 0) is 42.3 Å². The van der Waals surface area contributed by atoms with Crippen LogP contribution in [-0.2, 0) is 6.18 Å². The fourth-order valence-corrected chi connectivity index (χ4v) is 3.39. The molecule has 1 amide bonds. The molecule has 1 heterocycles. The molecule has 7 heteroatoms. The van der Waals surface area contributed by atoms with Crippen LogP contribution in [0.1, 0.15) is 39.6 Å². The zero-order valence-electron chi connectivity index (χ0n) is 12.8. The molecular formula is C17H18F3NO2S. The fraction of sp³-hybridized carbons (Fsp3) is 0.353. The lowest BCUT2D eigenvalue weighted by atomic mass is 9.99. The largest absolute Gasteiger partial charge is 0.417 e. The smallest absolute Gasteiger partial charge is 0.396 e. The van der Waals surface area contributed by atoms with Crippen LogP contribution < -0.4 is 5.32 Å². The zero-order valence-corrected chi connectivity index (χ0v) is 13.7. The van der Waals surface area contributed by atoms with Gasteiger partial charge in [-0.25, -0.2) is 0 Å². The Bertz CT molecular complexity index is 656. The second-order valence-corrected chi connectivity index (χ2v) is 6.29. The van der Waals surface area contributed by atoms with E-state index in [1.807, 2.05) is 17.5 Å². The number of amides is 1. The van der Waals surface area contributed by atoms with Crippen molar-refractivity contribution in [2.45, 2.75) is 24.9 Å². The van der Waals surface area contributed by atoms with Gasteiger partial charge in [0, 0.05) is 18.0 Å². The lowest BCUT2D eigenvalue weighted by molar-refractivity contribution is -0.137. The Kier molecular flexibility index (Phi) is 6.39. The third-order valence-electron chi connectivity index (χ3n) is 3.68. The first-order valence-corrected chi connectivity index (χ1v) is 8.40. The Hall–Kier alpha value is -1.86. The van der Waals surface area contributed by atoms with Gasteiger partial charge in [-0.15, -0.1) is 11.3 Å². The van der Waals surface area contributed by atoms with Crippen molar-refractivity contribution < 1.29 is 23.1 Å². The molecule has 3 nitrogen and oxygen atoms in total. The molecule has 0 spiro atoms. The second-order valence-electron chi connectivity index (χ2n) is 5.31. The highest BCUT2D eigenvalue weighted by Crippen LogP contribution is 2.32. The predicted molar refractivity (Wildman–Crippen MR) is 87.2 cm³/mol. The minimum absolute atomic E-state index is 0.0213. The Labute approximate surface area is 142 Å². The minimum Gasteiger partial charge on any atom is -0.396 e. The molecule has 0 saturated carbocycles. The molecule has 24 heavy (non-hydrogen) atoms. The molecule has 0 aliphatic rings. The number of thiophene rings is 1. The van der Waals surface area contributed by atoms with E-state index in [2.05, 4.69) is 5.32 Å². The predicted octanol–water partition coefficient (Wildman–Crippen LogP) is 4.05. The van der Waals surface area contributed by atoms with Crippen LogP contribution in [0.5, 0.6) is 0 Å². The van der Waals surface area contributed by atoms with Gasteiger partial charge in [-0.3, -0.25) is 4.79 Å². The van der Waals surface area contributed by atoms with Crippen molar-refractivity contribution in [1.29, 1.82) is 0 Å². The molecule has 0 aliphatic heterocycles. The summed E-state index contributed by atoms with van der Waals surface area (Å²) in [5.74, 6) is -0.662. The number of benzene rings is 1. The van der Waals surface area contributed by atoms with Gasteiger partial charge in [0.05, 0.1) is 11.1 Å². The van der Waals surface area contributed by atoms with Gasteiger partial charge in [0.1, 0.15) is 0 Å². The van der Waals surface area contributed by atoms with Crippen molar-refractivity contribution in [3.05, 3.63) is 57.8 Å². The lowest BCUT2D eigenvalue weighted by Crippen LogP contribution is -2.28. The van der Waals surface area contributed by atoms with E-state index < -0.39 is 17.6 Å². The van der Waals surface area contributed by atoms with Crippen molar-refractivity contribution in [1.82, 2.24) is 5.32 Å². The van der Waals surface area contributed by atoms with Crippen molar-refractivity contribution in [2.24, 2.45) is 0 Å². The molecule has 2 aromatic rings. The van der Waals surface area contributed by atoms with E-state index in [1.54, 1.807) is 11.3 Å². The van der Waals surface area contributed by atoms with Crippen LogP contribution in [0.3, 0.4) is 0 Å². The summed E-state index contributed by atoms with van der Waals surface area (Å²) in [5.41, 5.74) is -1.31. The number of halogens is 3. The molecule has 2 rings (SSSR count). The normalized spacial score (nSPS) is 12.8. The number of nitrogens with one attached hydrogen (secondary N) is 1. The van der Waals surface area contributed by atoms with Crippen molar-refractivity contribution in [2.75, 3.05) is 13.2 Å². The summed E-state index contributed by atoms with van der Waals surface area (Å²) >= 11 is 1.56. The molecule has 1 aromatic heterocycles. The first kappa shape index (κ1) is 18.5. The van der Waals surface area contributed by atoms with E-state index in [1.165, 1.54) is 18.2 Å². The van der Waals surface area contributed by atoms with Gasteiger partial charge < -0.3 is 10.4 Å². The van der Waals surface area contributed by atoms with E-state index in [9.17, 15) is 18.0 Å². The van der Waals surface area contributed by atoms with Crippen LogP contribution in [0.4, 0.5) is 13.2 Å². The monoisotopic (exact) mass is 357 g/mol. The Morgan fingerprint density at radius 1 is 1.17 bits per heavy atom. The third kappa shape index (κ3) is 4.82. The summed E-state index contributed by atoms with van der Waals surface area (Å²) in [5, 5.41) is 13.6. The van der Waals surface area contributed by atoms with E-state index in [4.69, 9.17) is 5.11 Å². The van der Waals surface area contributed by atoms with Gasteiger partial charge in [0.15, 0.2) is 0 Å². The SMILES string of the molecule is O=C(NCC[C@H](CCO)c1cccs1)c1ccccc1C(F)(F)F. The maximum Gasteiger partial charge on any atom is 0.417 e. The Morgan fingerprint density at radius 3 is 2.54 bits per heavy atom. The van der Waals surface area contributed by atoms with Gasteiger partial charge in [-0.2, -0.15) is 13.2 Å². The molecular weight excluding hydrogens is 339 g/mol. The molecule has 0 bridgehead atoms. The highest BCUT2D eigenvalue weighted by atomic mass is 32.1. The molecule has 2 N–H and O–H groups in total. The number of carbonyl (C=O) groups excluding carboxylic acids is 1. The lowest BCUT2D eigenvalue weighted by Gasteiger charge is -2.16. The topological polar surface area (TPSA) is 49.3 Å². The van der Waals surface area contributed by atoms with Crippen molar-refractivity contribution in [3.8, 4) is 0 Å². The van der Waals surface area contributed by atoms with Crippen LogP contribution >= 0.6 is 11.3 Å². The molecule has 0 fully saturated rings. The van der Waals surface area contributed by atoms with Crippen LogP contribution in [-0.4, -0.2) is 24.2 Å². The molecule has 0 unspecified atom stereocenters. The highest BCUT2D eigenvalue weighted by molar-refractivity contribution is 7.10. The standard InChI is InChI=1S/C17H18F3NO2S/c18-17(19,20)14-5-2-1-4-13(14)16(23)21-9-7-12(8-10-22)15-6-3-11-24-15/h1-6,11-12,22H,7-10H2,(H,21,23)/t12-/m1/s1. The quantitative estimate of drug-likeness (QED) is 0.785. The molecule has 0 saturated heterocycles. The van der Waals surface area contributed by atoms with Gasteiger partial charge in [0.2, 0.25) is 0 Å².